The van der Waals surface area contributed by atoms with Gasteiger partial charge in [0.15, 0.2) is 0 Å². The van der Waals surface area contributed by atoms with Crippen molar-refractivity contribution in [3.63, 3.8) is 0 Å². The third-order valence-electron chi connectivity index (χ3n) is 4.89. The maximum atomic E-state index is 5.97. The van der Waals surface area contributed by atoms with E-state index in [1.54, 1.807) is 6.20 Å². The molecule has 6 heteroatoms. The summed E-state index contributed by atoms with van der Waals surface area (Å²) in [5.41, 5.74) is 3.57. The molecule has 1 aliphatic heterocycles. The number of hydrogen-bond acceptors (Lipinski definition) is 5. The predicted molar refractivity (Wildman–Crippen MR) is 98.6 cm³/mol. The molecule has 4 heterocycles. The highest BCUT2D eigenvalue weighted by molar-refractivity contribution is 5.18. The van der Waals surface area contributed by atoms with Crippen LogP contribution in [0.5, 0.6) is 5.88 Å². The Labute approximate surface area is 153 Å². The van der Waals surface area contributed by atoms with Crippen LogP contribution in [0.3, 0.4) is 0 Å². The summed E-state index contributed by atoms with van der Waals surface area (Å²) in [4.78, 5) is 11.3. The van der Waals surface area contributed by atoms with E-state index in [1.165, 1.54) is 11.3 Å². The fourth-order valence-corrected chi connectivity index (χ4v) is 3.35. The molecule has 0 spiro atoms. The van der Waals surface area contributed by atoms with Crippen molar-refractivity contribution in [2.24, 2.45) is 0 Å². The third kappa shape index (κ3) is 3.75. The van der Waals surface area contributed by atoms with Crippen LogP contribution in [0.1, 0.15) is 23.4 Å². The Balaban J connectivity index is 1.53. The van der Waals surface area contributed by atoms with E-state index in [2.05, 4.69) is 43.7 Å². The van der Waals surface area contributed by atoms with Crippen LogP contribution in [0.4, 0.5) is 0 Å². The highest BCUT2D eigenvalue weighted by atomic mass is 16.5. The number of aryl methyl sites for hydroxylation is 2. The topological polar surface area (TPSA) is 56.1 Å². The average Bonchev–Trinajstić information content (AvgIpc) is 3.04. The van der Waals surface area contributed by atoms with E-state index in [0.29, 0.717) is 12.5 Å². The minimum absolute atomic E-state index is 0.278. The molecule has 0 saturated heterocycles. The normalized spacial score (nSPS) is 17.5. The smallest absolute Gasteiger partial charge is 0.213 e. The first-order valence-corrected chi connectivity index (χ1v) is 8.98. The van der Waals surface area contributed by atoms with Crippen LogP contribution in [0.15, 0.2) is 55.0 Å². The lowest BCUT2D eigenvalue weighted by molar-refractivity contribution is 0.114. The molecule has 0 saturated carbocycles. The maximum absolute atomic E-state index is 5.97. The van der Waals surface area contributed by atoms with E-state index < -0.39 is 0 Å². The summed E-state index contributed by atoms with van der Waals surface area (Å²) in [6.45, 7) is 5.26. The van der Waals surface area contributed by atoms with Crippen LogP contribution >= 0.6 is 0 Å². The number of rotatable bonds is 5. The Kier molecular flexibility index (Phi) is 4.93. The van der Waals surface area contributed by atoms with Gasteiger partial charge in [-0.3, -0.25) is 14.6 Å². The number of hydrogen-bond donors (Lipinski definition) is 0. The Morgan fingerprint density at radius 3 is 2.85 bits per heavy atom. The van der Waals surface area contributed by atoms with Crippen molar-refractivity contribution in [3.05, 3.63) is 71.9 Å². The molecule has 4 rings (SSSR count). The molecule has 26 heavy (non-hydrogen) atoms. The Bertz CT molecular complexity index is 848. The van der Waals surface area contributed by atoms with Crippen molar-refractivity contribution < 1.29 is 4.74 Å². The van der Waals surface area contributed by atoms with Gasteiger partial charge in [-0.1, -0.05) is 12.1 Å². The first-order chi connectivity index (χ1) is 12.8. The molecular weight excluding hydrogens is 326 g/mol. The van der Waals surface area contributed by atoms with Crippen molar-refractivity contribution in [1.29, 1.82) is 0 Å². The molecule has 0 fully saturated rings. The molecule has 0 radical (unpaired) electrons. The van der Waals surface area contributed by atoms with E-state index in [-0.39, 0.29) is 6.04 Å². The molecule has 0 aliphatic carbocycles. The van der Waals surface area contributed by atoms with E-state index in [0.717, 1.165) is 31.7 Å². The second-order valence-corrected chi connectivity index (χ2v) is 6.64. The molecular formula is C20H23N5O. The number of aromatic nitrogens is 4. The van der Waals surface area contributed by atoms with Gasteiger partial charge in [0.2, 0.25) is 5.88 Å². The highest BCUT2D eigenvalue weighted by Crippen LogP contribution is 2.21. The molecule has 6 nitrogen and oxygen atoms in total. The largest absolute Gasteiger partial charge is 0.476 e. The molecule has 3 aromatic heterocycles. The minimum Gasteiger partial charge on any atom is -0.476 e. The van der Waals surface area contributed by atoms with Crippen molar-refractivity contribution >= 4 is 0 Å². The zero-order valence-corrected chi connectivity index (χ0v) is 15.0. The minimum atomic E-state index is 0.278. The summed E-state index contributed by atoms with van der Waals surface area (Å²) >= 11 is 0. The summed E-state index contributed by atoms with van der Waals surface area (Å²) in [6.07, 6.45) is 6.48. The van der Waals surface area contributed by atoms with Crippen molar-refractivity contribution in [2.45, 2.75) is 39.0 Å². The number of ether oxygens (including phenoxy) is 1. The van der Waals surface area contributed by atoms with Gasteiger partial charge in [0.05, 0.1) is 11.4 Å². The van der Waals surface area contributed by atoms with Crippen LogP contribution in [0.25, 0.3) is 0 Å². The van der Waals surface area contributed by atoms with E-state index in [1.807, 2.05) is 36.7 Å². The quantitative estimate of drug-likeness (QED) is 0.709. The number of fused-ring (bicyclic) bond motifs is 1. The third-order valence-corrected chi connectivity index (χ3v) is 4.89. The van der Waals surface area contributed by atoms with Gasteiger partial charge in [-0.2, -0.15) is 5.10 Å². The molecule has 0 aromatic carbocycles. The molecule has 134 valence electrons. The van der Waals surface area contributed by atoms with E-state index in [4.69, 9.17) is 4.74 Å². The van der Waals surface area contributed by atoms with Crippen LogP contribution in [-0.2, 0) is 19.6 Å². The molecule has 0 N–H and O–H groups in total. The average molecular weight is 349 g/mol. The van der Waals surface area contributed by atoms with Gasteiger partial charge >= 0.3 is 0 Å². The van der Waals surface area contributed by atoms with Crippen molar-refractivity contribution in [2.75, 3.05) is 6.61 Å². The van der Waals surface area contributed by atoms with Gasteiger partial charge in [0, 0.05) is 50.3 Å². The predicted octanol–water partition coefficient (Wildman–Crippen LogP) is 2.84. The van der Waals surface area contributed by atoms with Crippen LogP contribution in [0, 0.1) is 6.92 Å². The van der Waals surface area contributed by atoms with Crippen LogP contribution in [0.2, 0.25) is 0 Å². The molecule has 1 aliphatic rings. The highest BCUT2D eigenvalue weighted by Gasteiger charge is 2.25. The van der Waals surface area contributed by atoms with E-state index >= 15 is 0 Å². The van der Waals surface area contributed by atoms with Crippen LogP contribution < -0.4 is 4.74 Å². The zero-order chi connectivity index (χ0) is 17.8. The molecule has 3 aromatic rings. The van der Waals surface area contributed by atoms with Gasteiger partial charge < -0.3 is 4.74 Å². The SMILES string of the molecule is Cc1cccnc1CN1Cc2ccnn2CCC1COc1ccccn1. The monoisotopic (exact) mass is 349 g/mol. The number of nitrogens with zero attached hydrogens (tertiary/aromatic N) is 5. The fraction of sp³-hybridized carbons (Fsp3) is 0.350. The lowest BCUT2D eigenvalue weighted by Crippen LogP contribution is -2.38. The molecule has 0 amide bonds. The first-order valence-electron chi connectivity index (χ1n) is 8.98. The van der Waals surface area contributed by atoms with Crippen LogP contribution in [-0.4, -0.2) is 37.3 Å². The van der Waals surface area contributed by atoms with Gasteiger partial charge in [0.25, 0.3) is 0 Å². The molecule has 1 atom stereocenters. The van der Waals surface area contributed by atoms with Gasteiger partial charge in [-0.15, -0.1) is 0 Å². The maximum Gasteiger partial charge on any atom is 0.213 e. The number of pyridine rings is 2. The Morgan fingerprint density at radius 2 is 2.00 bits per heavy atom. The van der Waals surface area contributed by atoms with Gasteiger partial charge in [-0.25, -0.2) is 4.98 Å². The van der Waals surface area contributed by atoms with Crippen molar-refractivity contribution in [3.8, 4) is 5.88 Å². The molecule has 0 bridgehead atoms. The standard InChI is InChI=1S/C20H23N5O/c1-16-5-4-10-21-19(16)14-24-13-17-7-11-23-25(17)12-8-18(24)15-26-20-6-2-3-9-22-20/h2-7,9-11,18H,8,12-15H2,1H3. The summed E-state index contributed by atoms with van der Waals surface area (Å²) in [6, 6.07) is 12.2. The van der Waals surface area contributed by atoms with Gasteiger partial charge in [-0.05, 0) is 37.1 Å². The lowest BCUT2D eigenvalue weighted by Gasteiger charge is -2.29. The van der Waals surface area contributed by atoms with Gasteiger partial charge in [0.1, 0.15) is 6.61 Å². The Hall–Kier alpha value is -2.73. The van der Waals surface area contributed by atoms with Crippen molar-refractivity contribution in [1.82, 2.24) is 24.6 Å². The lowest BCUT2D eigenvalue weighted by atomic mass is 10.1. The van der Waals surface area contributed by atoms with E-state index in [9.17, 15) is 0 Å². The second-order valence-electron chi connectivity index (χ2n) is 6.64. The summed E-state index contributed by atoms with van der Waals surface area (Å²) in [5.74, 6) is 0.670. The summed E-state index contributed by atoms with van der Waals surface area (Å²) < 4.78 is 8.07. The second kappa shape index (κ2) is 7.66. The molecule has 1 unspecified atom stereocenters. The zero-order valence-electron chi connectivity index (χ0n) is 15.0. The Morgan fingerprint density at radius 1 is 1.08 bits per heavy atom. The summed E-state index contributed by atoms with van der Waals surface area (Å²) in [7, 11) is 0. The first kappa shape index (κ1) is 16.7. The summed E-state index contributed by atoms with van der Waals surface area (Å²) in [5, 5.41) is 4.45. The fourth-order valence-electron chi connectivity index (χ4n) is 3.35.